The SMILES string of the molecule is CN(Cc1cc(Cl)c[nH]1)C1CNC1. The molecule has 0 atom stereocenters. The van der Waals surface area contributed by atoms with E-state index in [1.807, 2.05) is 12.3 Å². The Morgan fingerprint density at radius 3 is 2.85 bits per heavy atom. The van der Waals surface area contributed by atoms with Crippen LogP contribution in [0.1, 0.15) is 5.69 Å². The van der Waals surface area contributed by atoms with Crippen LogP contribution in [0.4, 0.5) is 0 Å². The van der Waals surface area contributed by atoms with Crippen LogP contribution in [0.3, 0.4) is 0 Å². The third kappa shape index (κ3) is 2.05. The van der Waals surface area contributed by atoms with E-state index in [1.165, 1.54) is 5.69 Å². The average molecular weight is 200 g/mol. The Bertz CT molecular complexity index is 280. The summed E-state index contributed by atoms with van der Waals surface area (Å²) in [5.41, 5.74) is 1.18. The molecule has 2 rings (SSSR count). The third-order valence-electron chi connectivity index (χ3n) is 2.51. The molecule has 4 heteroatoms. The fourth-order valence-corrected chi connectivity index (χ4v) is 1.67. The van der Waals surface area contributed by atoms with Crippen molar-refractivity contribution in [1.82, 2.24) is 15.2 Å². The first kappa shape index (κ1) is 9.06. The summed E-state index contributed by atoms with van der Waals surface area (Å²) in [6.07, 6.45) is 1.82. The maximum absolute atomic E-state index is 5.81. The van der Waals surface area contributed by atoms with E-state index in [4.69, 9.17) is 11.6 Å². The number of nitrogens with zero attached hydrogens (tertiary/aromatic N) is 1. The van der Waals surface area contributed by atoms with Gasteiger partial charge in [0.2, 0.25) is 0 Å². The molecule has 0 saturated carbocycles. The molecule has 13 heavy (non-hydrogen) atoms. The number of aromatic nitrogens is 1. The normalized spacial score (nSPS) is 17.8. The summed E-state index contributed by atoms with van der Waals surface area (Å²) < 4.78 is 0. The molecule has 1 aromatic heterocycles. The van der Waals surface area contributed by atoms with E-state index >= 15 is 0 Å². The predicted octanol–water partition coefficient (Wildman–Crippen LogP) is 1.07. The summed E-state index contributed by atoms with van der Waals surface area (Å²) in [6, 6.07) is 2.66. The highest BCUT2D eigenvalue weighted by Crippen LogP contribution is 2.12. The molecule has 1 aliphatic heterocycles. The number of hydrogen-bond acceptors (Lipinski definition) is 2. The third-order valence-corrected chi connectivity index (χ3v) is 2.73. The van der Waals surface area contributed by atoms with Gasteiger partial charge in [0.05, 0.1) is 5.02 Å². The van der Waals surface area contributed by atoms with Gasteiger partial charge >= 0.3 is 0 Å². The van der Waals surface area contributed by atoms with Gasteiger partial charge in [-0.2, -0.15) is 0 Å². The summed E-state index contributed by atoms with van der Waals surface area (Å²) in [5.74, 6) is 0. The van der Waals surface area contributed by atoms with Crippen molar-refractivity contribution in [2.24, 2.45) is 0 Å². The van der Waals surface area contributed by atoms with Crippen molar-refractivity contribution in [3.05, 3.63) is 23.0 Å². The lowest BCUT2D eigenvalue weighted by atomic mass is 10.1. The number of H-pyrrole nitrogens is 1. The Morgan fingerprint density at radius 2 is 2.38 bits per heavy atom. The number of aromatic amines is 1. The van der Waals surface area contributed by atoms with Gasteiger partial charge in [0.15, 0.2) is 0 Å². The summed E-state index contributed by atoms with van der Waals surface area (Å²) in [7, 11) is 2.14. The van der Waals surface area contributed by atoms with E-state index in [-0.39, 0.29) is 0 Å². The standard InChI is InChI=1S/C9H14ClN3/c1-13(9-4-11-5-9)6-8-2-7(10)3-12-8/h2-3,9,11-12H,4-6H2,1H3. The number of halogens is 1. The van der Waals surface area contributed by atoms with E-state index in [2.05, 4.69) is 22.2 Å². The molecule has 2 N–H and O–H groups in total. The molecule has 0 amide bonds. The summed E-state index contributed by atoms with van der Waals surface area (Å²) in [4.78, 5) is 5.48. The van der Waals surface area contributed by atoms with E-state index in [0.717, 1.165) is 24.7 Å². The van der Waals surface area contributed by atoms with Crippen LogP contribution >= 0.6 is 11.6 Å². The second-order valence-electron chi connectivity index (χ2n) is 3.57. The van der Waals surface area contributed by atoms with Crippen molar-refractivity contribution < 1.29 is 0 Å². The first-order chi connectivity index (χ1) is 6.25. The maximum Gasteiger partial charge on any atom is 0.0583 e. The van der Waals surface area contributed by atoms with Crippen molar-refractivity contribution in [2.75, 3.05) is 20.1 Å². The lowest BCUT2D eigenvalue weighted by molar-refractivity contribution is 0.171. The lowest BCUT2D eigenvalue weighted by Gasteiger charge is -2.35. The molecule has 0 aromatic carbocycles. The van der Waals surface area contributed by atoms with Crippen molar-refractivity contribution in [3.8, 4) is 0 Å². The van der Waals surface area contributed by atoms with E-state index in [0.29, 0.717) is 6.04 Å². The highest BCUT2D eigenvalue weighted by Gasteiger charge is 2.21. The second-order valence-corrected chi connectivity index (χ2v) is 4.01. The fraction of sp³-hybridized carbons (Fsp3) is 0.556. The summed E-state index contributed by atoms with van der Waals surface area (Å²) >= 11 is 5.81. The van der Waals surface area contributed by atoms with Crippen molar-refractivity contribution in [1.29, 1.82) is 0 Å². The van der Waals surface area contributed by atoms with Crippen molar-refractivity contribution in [2.45, 2.75) is 12.6 Å². The van der Waals surface area contributed by atoms with E-state index in [1.54, 1.807) is 0 Å². The quantitative estimate of drug-likeness (QED) is 0.763. The van der Waals surface area contributed by atoms with Crippen LogP contribution in [0.2, 0.25) is 5.02 Å². The molecule has 3 nitrogen and oxygen atoms in total. The zero-order chi connectivity index (χ0) is 9.26. The molecule has 0 aliphatic carbocycles. The first-order valence-electron chi connectivity index (χ1n) is 4.49. The Morgan fingerprint density at radius 1 is 1.62 bits per heavy atom. The predicted molar refractivity (Wildman–Crippen MR) is 53.9 cm³/mol. The zero-order valence-corrected chi connectivity index (χ0v) is 8.43. The Labute approximate surface area is 83.1 Å². The first-order valence-corrected chi connectivity index (χ1v) is 4.87. The number of likely N-dealkylation sites (N-methyl/N-ethyl adjacent to an activating group) is 1. The minimum atomic E-state index is 0.682. The second kappa shape index (κ2) is 3.70. The van der Waals surface area contributed by atoms with Crippen LogP contribution in [0.25, 0.3) is 0 Å². The topological polar surface area (TPSA) is 31.1 Å². The Balaban J connectivity index is 1.89. The minimum Gasteiger partial charge on any atom is -0.363 e. The van der Waals surface area contributed by atoms with Crippen LogP contribution < -0.4 is 5.32 Å². The number of hydrogen-bond donors (Lipinski definition) is 2. The molecule has 1 fully saturated rings. The molecule has 1 saturated heterocycles. The fourth-order valence-electron chi connectivity index (χ4n) is 1.49. The van der Waals surface area contributed by atoms with Gasteiger partial charge in [-0.05, 0) is 13.1 Å². The van der Waals surface area contributed by atoms with Crippen LogP contribution in [0, 0.1) is 0 Å². The molecule has 0 unspecified atom stereocenters. The average Bonchev–Trinajstić information content (AvgIpc) is 2.31. The molecule has 0 bridgehead atoms. The van der Waals surface area contributed by atoms with E-state index in [9.17, 15) is 0 Å². The lowest BCUT2D eigenvalue weighted by Crippen LogP contribution is -2.55. The monoisotopic (exact) mass is 199 g/mol. The van der Waals surface area contributed by atoms with Crippen LogP contribution in [0.5, 0.6) is 0 Å². The van der Waals surface area contributed by atoms with Gasteiger partial charge in [-0.3, -0.25) is 4.90 Å². The smallest absolute Gasteiger partial charge is 0.0583 e. The van der Waals surface area contributed by atoms with Crippen LogP contribution in [-0.2, 0) is 6.54 Å². The van der Waals surface area contributed by atoms with Crippen LogP contribution in [0.15, 0.2) is 12.3 Å². The summed E-state index contributed by atoms with van der Waals surface area (Å²) in [5, 5.41) is 4.04. The van der Waals surface area contributed by atoms with Gasteiger partial charge < -0.3 is 10.3 Å². The largest absolute Gasteiger partial charge is 0.363 e. The molecule has 2 heterocycles. The van der Waals surface area contributed by atoms with Gasteiger partial charge in [0, 0.05) is 37.6 Å². The molecule has 0 radical (unpaired) electrons. The highest BCUT2D eigenvalue weighted by atomic mass is 35.5. The van der Waals surface area contributed by atoms with Gasteiger partial charge in [-0.25, -0.2) is 0 Å². The minimum absolute atomic E-state index is 0.682. The highest BCUT2D eigenvalue weighted by molar-refractivity contribution is 6.30. The molecule has 1 aromatic rings. The molecular formula is C9H14ClN3. The molecule has 0 spiro atoms. The van der Waals surface area contributed by atoms with Gasteiger partial charge in [-0.1, -0.05) is 11.6 Å². The molecule has 72 valence electrons. The van der Waals surface area contributed by atoms with Crippen LogP contribution in [-0.4, -0.2) is 36.1 Å². The number of nitrogens with one attached hydrogen (secondary N) is 2. The van der Waals surface area contributed by atoms with Crippen molar-refractivity contribution >= 4 is 11.6 Å². The van der Waals surface area contributed by atoms with Gasteiger partial charge in [-0.15, -0.1) is 0 Å². The van der Waals surface area contributed by atoms with Gasteiger partial charge in [0.1, 0.15) is 0 Å². The van der Waals surface area contributed by atoms with Crippen molar-refractivity contribution in [3.63, 3.8) is 0 Å². The molecular weight excluding hydrogens is 186 g/mol. The zero-order valence-electron chi connectivity index (χ0n) is 7.68. The maximum atomic E-state index is 5.81. The van der Waals surface area contributed by atoms with E-state index < -0.39 is 0 Å². The van der Waals surface area contributed by atoms with Gasteiger partial charge in [0.25, 0.3) is 0 Å². The molecule has 1 aliphatic rings. The summed E-state index contributed by atoms with van der Waals surface area (Å²) in [6.45, 7) is 3.15. The number of rotatable bonds is 3. The Kier molecular flexibility index (Phi) is 2.58. The Hall–Kier alpha value is -0.510.